The first kappa shape index (κ1) is 23.2. The highest BCUT2D eigenvalue weighted by Gasteiger charge is 2.30. The van der Waals surface area contributed by atoms with Crippen molar-refractivity contribution < 1.29 is 22.8 Å². The number of alkyl halides is 3. The molecule has 1 aromatic rings. The Bertz CT molecular complexity index is 691. The van der Waals surface area contributed by atoms with Crippen LogP contribution in [0.5, 0.6) is 0 Å². The average molecular weight is 414 g/mol. The summed E-state index contributed by atoms with van der Waals surface area (Å²) in [6.45, 7) is 9.73. The van der Waals surface area contributed by atoms with Crippen LogP contribution in [0.15, 0.2) is 24.3 Å². The van der Waals surface area contributed by atoms with Gasteiger partial charge in [0.15, 0.2) is 0 Å². The van der Waals surface area contributed by atoms with Crippen molar-refractivity contribution in [3.63, 3.8) is 0 Å². The number of nitrogens with zero attached hydrogens (tertiary/aromatic N) is 2. The molecule has 9 heteroatoms. The highest BCUT2D eigenvalue weighted by Crippen LogP contribution is 2.29. The number of rotatable bonds is 5. The number of benzene rings is 1. The Morgan fingerprint density at radius 3 is 2.03 bits per heavy atom. The van der Waals surface area contributed by atoms with Gasteiger partial charge in [-0.3, -0.25) is 15.0 Å². The van der Waals surface area contributed by atoms with Crippen molar-refractivity contribution in [1.29, 1.82) is 0 Å². The van der Waals surface area contributed by atoms with Gasteiger partial charge in [-0.2, -0.15) is 13.2 Å². The molecule has 1 heterocycles. The molecule has 0 aliphatic carbocycles. The third kappa shape index (κ3) is 8.41. The van der Waals surface area contributed by atoms with Crippen LogP contribution >= 0.6 is 0 Å². The van der Waals surface area contributed by atoms with E-state index in [4.69, 9.17) is 0 Å². The number of imide groups is 1. The normalized spacial score (nSPS) is 16.5. The predicted octanol–water partition coefficient (Wildman–Crippen LogP) is 2.84. The van der Waals surface area contributed by atoms with Crippen LogP contribution in [0.3, 0.4) is 0 Å². The predicted molar refractivity (Wildman–Crippen MR) is 104 cm³/mol. The first-order chi connectivity index (χ1) is 13.4. The number of carbonyl (C=O) groups is 2. The van der Waals surface area contributed by atoms with Crippen LogP contribution < -0.4 is 10.6 Å². The molecule has 1 fully saturated rings. The lowest BCUT2D eigenvalue weighted by Gasteiger charge is -2.34. The van der Waals surface area contributed by atoms with E-state index < -0.39 is 23.3 Å². The summed E-state index contributed by atoms with van der Waals surface area (Å²) in [5.74, 6) is -0.320. The summed E-state index contributed by atoms with van der Waals surface area (Å²) in [6, 6.07) is 4.76. The zero-order valence-electron chi connectivity index (χ0n) is 17.1. The van der Waals surface area contributed by atoms with Gasteiger partial charge in [-0.15, -0.1) is 0 Å². The van der Waals surface area contributed by atoms with Crippen LogP contribution in [-0.2, 0) is 17.5 Å². The lowest BCUT2D eigenvalue weighted by Crippen LogP contribution is -2.49. The van der Waals surface area contributed by atoms with Crippen molar-refractivity contribution in [1.82, 2.24) is 20.4 Å². The second kappa shape index (κ2) is 9.58. The van der Waals surface area contributed by atoms with E-state index in [-0.39, 0.29) is 12.3 Å². The molecule has 6 nitrogen and oxygen atoms in total. The van der Waals surface area contributed by atoms with E-state index in [0.717, 1.165) is 43.9 Å². The van der Waals surface area contributed by atoms with Crippen LogP contribution in [-0.4, -0.2) is 60.0 Å². The van der Waals surface area contributed by atoms with E-state index in [9.17, 15) is 22.8 Å². The largest absolute Gasteiger partial charge is 0.416 e. The third-order valence-corrected chi connectivity index (χ3v) is 4.55. The Hall–Kier alpha value is -2.13. The van der Waals surface area contributed by atoms with E-state index in [2.05, 4.69) is 20.4 Å². The minimum absolute atomic E-state index is 0.233. The number of amides is 3. The fraction of sp³-hybridized carbons (Fsp3) is 0.600. The molecule has 0 atom stereocenters. The van der Waals surface area contributed by atoms with E-state index in [1.807, 2.05) is 20.8 Å². The summed E-state index contributed by atoms with van der Waals surface area (Å²) in [6.07, 6.45) is -4.08. The fourth-order valence-electron chi connectivity index (χ4n) is 3.05. The van der Waals surface area contributed by atoms with Crippen molar-refractivity contribution in [3.8, 4) is 0 Å². The lowest BCUT2D eigenvalue weighted by atomic mass is 10.1. The Labute approximate surface area is 169 Å². The van der Waals surface area contributed by atoms with Crippen molar-refractivity contribution in [3.05, 3.63) is 35.4 Å². The number of urea groups is 1. The zero-order chi connectivity index (χ0) is 21.7. The number of piperazine rings is 1. The lowest BCUT2D eigenvalue weighted by molar-refractivity contribution is -0.137. The van der Waals surface area contributed by atoms with Crippen molar-refractivity contribution in [2.45, 2.75) is 45.5 Å². The Morgan fingerprint density at radius 1 is 0.966 bits per heavy atom. The minimum Gasteiger partial charge on any atom is -0.333 e. The molecule has 3 amide bonds. The number of hydrogen-bond donors (Lipinski definition) is 2. The van der Waals surface area contributed by atoms with Gasteiger partial charge in [0, 0.05) is 51.2 Å². The molecule has 0 spiro atoms. The fourth-order valence-corrected chi connectivity index (χ4v) is 3.05. The quantitative estimate of drug-likeness (QED) is 0.778. The van der Waals surface area contributed by atoms with Gasteiger partial charge in [0.05, 0.1) is 5.56 Å². The summed E-state index contributed by atoms with van der Waals surface area (Å²) in [5.41, 5.74) is -0.204. The maximum absolute atomic E-state index is 12.6. The maximum Gasteiger partial charge on any atom is 0.416 e. The molecule has 2 N–H and O–H groups in total. The number of halogens is 3. The first-order valence-electron chi connectivity index (χ1n) is 9.65. The summed E-state index contributed by atoms with van der Waals surface area (Å²) >= 11 is 0. The summed E-state index contributed by atoms with van der Waals surface area (Å²) in [4.78, 5) is 27.9. The van der Waals surface area contributed by atoms with E-state index in [0.29, 0.717) is 13.1 Å². The van der Waals surface area contributed by atoms with Gasteiger partial charge in [0.1, 0.15) is 0 Å². The Balaban J connectivity index is 1.68. The van der Waals surface area contributed by atoms with E-state index in [1.165, 1.54) is 12.1 Å². The molecule has 0 saturated carbocycles. The number of hydrogen-bond acceptors (Lipinski definition) is 4. The van der Waals surface area contributed by atoms with Crippen molar-refractivity contribution >= 4 is 11.9 Å². The molecule has 0 radical (unpaired) electrons. The van der Waals surface area contributed by atoms with E-state index in [1.54, 1.807) is 0 Å². The molecular formula is C20H29F3N4O2. The van der Waals surface area contributed by atoms with E-state index >= 15 is 0 Å². The summed E-state index contributed by atoms with van der Waals surface area (Å²) in [7, 11) is 0. The Morgan fingerprint density at radius 2 is 1.52 bits per heavy atom. The molecule has 1 aliphatic rings. The molecule has 2 rings (SSSR count). The molecule has 0 bridgehead atoms. The Kier molecular flexibility index (Phi) is 7.65. The van der Waals surface area contributed by atoms with Gasteiger partial charge in [0.2, 0.25) is 5.91 Å². The van der Waals surface area contributed by atoms with Gasteiger partial charge in [-0.1, -0.05) is 12.1 Å². The maximum atomic E-state index is 12.6. The standard InChI is InChI=1S/C20H29F3N4O2/c1-19(2,3)25-18(29)24-17(28)8-9-26-10-12-27(13-11-26)14-15-4-6-16(7-5-15)20(21,22)23/h4-7H,8-14H2,1-3H3,(H2,24,25,28,29). The van der Waals surface area contributed by atoms with Crippen LogP contribution in [0, 0.1) is 0 Å². The average Bonchev–Trinajstić information content (AvgIpc) is 2.59. The smallest absolute Gasteiger partial charge is 0.333 e. The molecule has 1 saturated heterocycles. The molecule has 29 heavy (non-hydrogen) atoms. The first-order valence-corrected chi connectivity index (χ1v) is 9.65. The van der Waals surface area contributed by atoms with Crippen LogP contribution in [0.4, 0.5) is 18.0 Å². The topological polar surface area (TPSA) is 64.7 Å². The van der Waals surface area contributed by atoms with Crippen LogP contribution in [0.1, 0.15) is 38.3 Å². The number of nitrogens with one attached hydrogen (secondary N) is 2. The molecule has 1 aliphatic heterocycles. The molecule has 1 aromatic carbocycles. The van der Waals surface area contributed by atoms with Gasteiger partial charge >= 0.3 is 12.2 Å². The second-order valence-electron chi connectivity index (χ2n) is 8.31. The van der Waals surface area contributed by atoms with Gasteiger partial charge in [-0.25, -0.2) is 4.79 Å². The highest BCUT2D eigenvalue weighted by molar-refractivity contribution is 5.94. The summed E-state index contributed by atoms with van der Waals surface area (Å²) in [5, 5.41) is 5.00. The second-order valence-corrected chi connectivity index (χ2v) is 8.31. The van der Waals surface area contributed by atoms with Gasteiger partial charge in [-0.05, 0) is 38.5 Å². The SMILES string of the molecule is CC(C)(C)NC(=O)NC(=O)CCN1CCN(Cc2ccc(C(F)(F)F)cc2)CC1. The van der Waals surface area contributed by atoms with Crippen LogP contribution in [0.25, 0.3) is 0 Å². The molecule has 0 aromatic heterocycles. The third-order valence-electron chi connectivity index (χ3n) is 4.55. The van der Waals surface area contributed by atoms with Crippen LogP contribution in [0.2, 0.25) is 0 Å². The van der Waals surface area contributed by atoms with Crippen molar-refractivity contribution in [2.75, 3.05) is 32.7 Å². The molecule has 162 valence electrons. The zero-order valence-corrected chi connectivity index (χ0v) is 17.1. The van der Waals surface area contributed by atoms with Crippen molar-refractivity contribution in [2.24, 2.45) is 0 Å². The molecule has 0 unspecified atom stereocenters. The highest BCUT2D eigenvalue weighted by atomic mass is 19.4. The van der Waals surface area contributed by atoms with Gasteiger partial charge in [0.25, 0.3) is 0 Å². The minimum atomic E-state index is -4.32. The molecular weight excluding hydrogens is 385 g/mol. The van der Waals surface area contributed by atoms with Gasteiger partial charge < -0.3 is 10.2 Å². The summed E-state index contributed by atoms with van der Waals surface area (Å²) < 4.78 is 37.9. The monoisotopic (exact) mass is 414 g/mol. The number of carbonyl (C=O) groups excluding carboxylic acids is 2.